The van der Waals surface area contributed by atoms with Crippen LogP contribution in [0.5, 0.6) is 5.75 Å². The number of nitrogens with one attached hydrogen (secondary N) is 1. The van der Waals surface area contributed by atoms with Crippen LogP contribution in [-0.4, -0.2) is 48.8 Å². The number of amides is 2. The number of carbonyl (C=O) groups is 2. The number of thioether (sulfide) groups is 1. The number of hydrogen-bond donors (Lipinski definition) is 1. The molecule has 0 saturated carbocycles. The lowest BCUT2D eigenvalue weighted by Gasteiger charge is -2.14. The van der Waals surface area contributed by atoms with Gasteiger partial charge < -0.3 is 14.8 Å². The third kappa shape index (κ3) is 6.59. The van der Waals surface area contributed by atoms with Crippen LogP contribution in [0.15, 0.2) is 94.8 Å². The van der Waals surface area contributed by atoms with Crippen molar-refractivity contribution in [1.82, 2.24) is 4.90 Å². The van der Waals surface area contributed by atoms with Gasteiger partial charge in [-0.15, -0.1) is 0 Å². The number of anilines is 1. The highest BCUT2D eigenvalue weighted by molar-refractivity contribution is 8.18. The predicted octanol–water partition coefficient (Wildman–Crippen LogP) is 4.95. The van der Waals surface area contributed by atoms with Crippen LogP contribution >= 0.6 is 11.8 Å². The summed E-state index contributed by atoms with van der Waals surface area (Å²) in [6.45, 7) is 0.629. The van der Waals surface area contributed by atoms with Gasteiger partial charge in [-0.2, -0.15) is 0 Å². The van der Waals surface area contributed by atoms with Crippen LogP contribution in [0.25, 0.3) is 6.08 Å². The third-order valence-electron chi connectivity index (χ3n) is 5.01. The summed E-state index contributed by atoms with van der Waals surface area (Å²) >= 11 is 1.30. The Balaban J connectivity index is 1.52. The monoisotopic (exact) mass is 487 g/mol. The molecule has 35 heavy (non-hydrogen) atoms. The topological polar surface area (TPSA) is 80.2 Å². The van der Waals surface area contributed by atoms with Crippen molar-refractivity contribution in [3.8, 4) is 5.75 Å². The van der Waals surface area contributed by atoms with E-state index >= 15 is 0 Å². The summed E-state index contributed by atoms with van der Waals surface area (Å²) in [6, 6.07) is 26.0. The van der Waals surface area contributed by atoms with E-state index in [9.17, 15) is 9.59 Å². The smallest absolute Gasteiger partial charge is 0.266 e. The SMILES string of the molecule is COCCN1C(=O)C(=Cc2ccccc2OCC(=O)Nc2ccccc2)SC1=Nc1ccccc1. The highest BCUT2D eigenvalue weighted by Gasteiger charge is 2.33. The van der Waals surface area contributed by atoms with Crippen LogP contribution in [0.3, 0.4) is 0 Å². The predicted molar refractivity (Wildman–Crippen MR) is 140 cm³/mol. The molecule has 4 rings (SSSR count). The molecule has 1 aliphatic rings. The van der Waals surface area contributed by atoms with E-state index in [0.717, 1.165) is 5.69 Å². The van der Waals surface area contributed by atoms with Gasteiger partial charge in [0.1, 0.15) is 5.75 Å². The number of rotatable bonds is 9. The number of ether oxygens (including phenoxy) is 2. The molecule has 8 heteroatoms. The summed E-state index contributed by atoms with van der Waals surface area (Å²) in [5.74, 6) is 0.0832. The van der Waals surface area contributed by atoms with Crippen molar-refractivity contribution in [3.63, 3.8) is 0 Å². The second kappa shape index (κ2) is 12.0. The highest BCUT2D eigenvalue weighted by atomic mass is 32.2. The summed E-state index contributed by atoms with van der Waals surface area (Å²) in [4.78, 5) is 32.3. The van der Waals surface area contributed by atoms with Gasteiger partial charge >= 0.3 is 0 Å². The first-order valence-corrected chi connectivity index (χ1v) is 11.9. The average molecular weight is 488 g/mol. The van der Waals surface area contributed by atoms with E-state index in [2.05, 4.69) is 10.3 Å². The van der Waals surface area contributed by atoms with Crippen molar-refractivity contribution in [2.24, 2.45) is 4.99 Å². The average Bonchev–Trinajstić information content (AvgIpc) is 3.16. The molecule has 1 fully saturated rings. The maximum Gasteiger partial charge on any atom is 0.266 e. The second-order valence-corrected chi connectivity index (χ2v) is 8.54. The first kappa shape index (κ1) is 24.3. The summed E-state index contributed by atoms with van der Waals surface area (Å²) in [5.41, 5.74) is 2.16. The van der Waals surface area contributed by atoms with Crippen LogP contribution in [0.4, 0.5) is 11.4 Å². The van der Waals surface area contributed by atoms with Crippen molar-refractivity contribution >= 4 is 46.2 Å². The van der Waals surface area contributed by atoms with Crippen LogP contribution in [0, 0.1) is 0 Å². The Morgan fingerprint density at radius 1 is 1.00 bits per heavy atom. The number of methoxy groups -OCH3 is 1. The normalized spacial score (nSPS) is 15.6. The highest BCUT2D eigenvalue weighted by Crippen LogP contribution is 2.35. The lowest BCUT2D eigenvalue weighted by atomic mass is 10.2. The molecule has 2 amide bonds. The molecule has 1 aliphatic heterocycles. The maximum absolute atomic E-state index is 13.2. The zero-order valence-electron chi connectivity index (χ0n) is 19.2. The number of nitrogens with zero attached hydrogens (tertiary/aromatic N) is 2. The van der Waals surface area contributed by atoms with Gasteiger partial charge in [0.05, 0.1) is 23.7 Å². The molecule has 1 N–H and O–H groups in total. The third-order valence-corrected chi connectivity index (χ3v) is 6.02. The molecule has 0 bridgehead atoms. The van der Waals surface area contributed by atoms with Gasteiger partial charge in [0.2, 0.25) is 0 Å². The fraction of sp³-hybridized carbons (Fsp3) is 0.148. The summed E-state index contributed by atoms with van der Waals surface area (Å²) in [7, 11) is 1.60. The molecule has 0 unspecified atom stereocenters. The molecule has 1 saturated heterocycles. The van der Waals surface area contributed by atoms with E-state index < -0.39 is 0 Å². The van der Waals surface area contributed by atoms with Gasteiger partial charge in [-0.05, 0) is 48.2 Å². The van der Waals surface area contributed by atoms with E-state index in [-0.39, 0.29) is 18.4 Å². The standard InChI is InChI=1S/C27H25N3O4S/c1-33-17-16-30-26(32)24(35-27(30)29-22-13-6-3-7-14-22)18-20-10-8-9-15-23(20)34-19-25(31)28-21-11-4-2-5-12-21/h2-15,18H,16-17,19H2,1H3,(H,28,31). The van der Waals surface area contributed by atoms with E-state index in [0.29, 0.717) is 40.2 Å². The van der Waals surface area contributed by atoms with Gasteiger partial charge in [-0.1, -0.05) is 54.6 Å². The van der Waals surface area contributed by atoms with E-state index in [1.165, 1.54) is 11.8 Å². The molecule has 0 aromatic heterocycles. The van der Waals surface area contributed by atoms with Crippen molar-refractivity contribution < 1.29 is 19.1 Å². The molecule has 0 atom stereocenters. The second-order valence-electron chi connectivity index (χ2n) is 7.53. The van der Waals surface area contributed by atoms with Crippen LogP contribution in [0.2, 0.25) is 0 Å². The minimum Gasteiger partial charge on any atom is -0.483 e. The Morgan fingerprint density at radius 3 is 2.43 bits per heavy atom. The largest absolute Gasteiger partial charge is 0.483 e. The van der Waals surface area contributed by atoms with E-state index in [1.54, 1.807) is 24.2 Å². The van der Waals surface area contributed by atoms with Crippen molar-refractivity contribution in [2.45, 2.75) is 0 Å². The van der Waals surface area contributed by atoms with Crippen molar-refractivity contribution in [2.75, 3.05) is 32.2 Å². The summed E-state index contributed by atoms with van der Waals surface area (Å²) in [5, 5.41) is 3.38. The van der Waals surface area contributed by atoms with Gasteiger partial charge in [-0.3, -0.25) is 14.5 Å². The molecule has 1 heterocycles. The fourth-order valence-corrected chi connectivity index (χ4v) is 4.33. The molecule has 3 aromatic rings. The number of aliphatic imine (C=N–C) groups is 1. The first-order valence-electron chi connectivity index (χ1n) is 11.0. The summed E-state index contributed by atoms with van der Waals surface area (Å²) in [6.07, 6.45) is 1.77. The maximum atomic E-state index is 13.2. The van der Waals surface area contributed by atoms with E-state index in [1.807, 2.05) is 78.9 Å². The number of benzene rings is 3. The Morgan fingerprint density at radius 2 is 1.69 bits per heavy atom. The number of hydrogen-bond acceptors (Lipinski definition) is 6. The number of para-hydroxylation sites is 3. The molecule has 0 aliphatic carbocycles. The number of amidine groups is 1. The van der Waals surface area contributed by atoms with Gasteiger partial charge in [-0.25, -0.2) is 4.99 Å². The Hall–Kier alpha value is -3.88. The molecular weight excluding hydrogens is 462 g/mol. The fourth-order valence-electron chi connectivity index (χ4n) is 3.32. The Bertz CT molecular complexity index is 1230. The number of carbonyl (C=O) groups excluding carboxylic acids is 2. The lowest BCUT2D eigenvalue weighted by molar-refractivity contribution is -0.122. The Labute approximate surface area is 208 Å². The van der Waals surface area contributed by atoms with Crippen LogP contribution in [-0.2, 0) is 14.3 Å². The zero-order chi connectivity index (χ0) is 24.5. The molecule has 3 aromatic carbocycles. The van der Waals surface area contributed by atoms with Crippen LogP contribution in [0.1, 0.15) is 5.56 Å². The molecule has 0 spiro atoms. The van der Waals surface area contributed by atoms with Gasteiger partial charge in [0, 0.05) is 18.4 Å². The first-order chi connectivity index (χ1) is 17.1. The Kier molecular flexibility index (Phi) is 8.32. The van der Waals surface area contributed by atoms with E-state index in [4.69, 9.17) is 9.47 Å². The van der Waals surface area contributed by atoms with Crippen LogP contribution < -0.4 is 10.1 Å². The quantitative estimate of drug-likeness (QED) is 0.432. The molecule has 0 radical (unpaired) electrons. The van der Waals surface area contributed by atoms with Gasteiger partial charge in [0.25, 0.3) is 11.8 Å². The molecular formula is C27H25N3O4S. The van der Waals surface area contributed by atoms with Gasteiger partial charge in [0.15, 0.2) is 11.8 Å². The van der Waals surface area contributed by atoms with Crippen molar-refractivity contribution in [1.29, 1.82) is 0 Å². The molecule has 7 nitrogen and oxygen atoms in total. The minimum absolute atomic E-state index is 0.154. The minimum atomic E-state index is -0.270. The van der Waals surface area contributed by atoms with Crippen molar-refractivity contribution in [3.05, 3.63) is 95.4 Å². The summed E-state index contributed by atoms with van der Waals surface area (Å²) < 4.78 is 11.0. The lowest BCUT2D eigenvalue weighted by Crippen LogP contribution is -2.32. The molecule has 178 valence electrons. The zero-order valence-corrected chi connectivity index (χ0v) is 20.0.